The number of ether oxygens (including phenoxy) is 1. The molecule has 6 heteroatoms. The van der Waals surface area contributed by atoms with Gasteiger partial charge in [0.25, 0.3) is 0 Å². The molecule has 1 saturated heterocycles. The molecule has 2 N–H and O–H groups in total. The van der Waals surface area contributed by atoms with Crippen LogP contribution < -0.4 is 5.73 Å². The lowest BCUT2D eigenvalue weighted by atomic mass is 10.3. The Morgan fingerprint density at radius 3 is 2.94 bits per heavy atom. The molecule has 3 rings (SSSR count). The molecule has 0 amide bonds. The van der Waals surface area contributed by atoms with Gasteiger partial charge in [0.1, 0.15) is 0 Å². The van der Waals surface area contributed by atoms with Crippen LogP contribution in [0.2, 0.25) is 0 Å². The van der Waals surface area contributed by atoms with Crippen molar-refractivity contribution in [3.05, 3.63) is 24.2 Å². The van der Waals surface area contributed by atoms with Crippen molar-refractivity contribution >= 4 is 11.3 Å². The van der Waals surface area contributed by atoms with Crippen LogP contribution in [0.3, 0.4) is 0 Å². The Kier molecular flexibility index (Phi) is 3.12. The molecule has 6 nitrogen and oxygen atoms in total. The number of nitrogens with two attached hydrogens (primary N) is 1. The first-order valence-corrected chi connectivity index (χ1v) is 6.22. The molecule has 1 aliphatic heterocycles. The van der Waals surface area contributed by atoms with Crippen LogP contribution in [0.25, 0.3) is 5.65 Å². The number of nitrogens with zero attached hydrogens (tertiary/aromatic N) is 4. The van der Waals surface area contributed by atoms with Crippen LogP contribution in [0.1, 0.15) is 5.82 Å². The topological polar surface area (TPSA) is 68.7 Å². The summed E-state index contributed by atoms with van der Waals surface area (Å²) < 4.78 is 7.06. The lowest BCUT2D eigenvalue weighted by molar-refractivity contribution is 0.0382. The van der Waals surface area contributed by atoms with Gasteiger partial charge < -0.3 is 10.5 Å². The van der Waals surface area contributed by atoms with Crippen LogP contribution in [0.15, 0.2) is 18.3 Å². The smallest absolute Gasteiger partial charge is 0.155 e. The van der Waals surface area contributed by atoms with E-state index in [9.17, 15) is 0 Å². The zero-order chi connectivity index (χ0) is 12.4. The molecule has 2 aromatic rings. The number of aromatic nitrogens is 3. The molecule has 0 bridgehead atoms. The number of fused-ring (bicyclic) bond motifs is 1. The number of hydrogen-bond acceptors (Lipinski definition) is 5. The summed E-state index contributed by atoms with van der Waals surface area (Å²) in [7, 11) is 0. The molecule has 1 aliphatic rings. The Morgan fingerprint density at radius 2 is 2.11 bits per heavy atom. The Bertz CT molecular complexity index is 532. The summed E-state index contributed by atoms with van der Waals surface area (Å²) in [6, 6.07) is 3.73. The molecule has 1 fully saturated rings. The number of hydrogen-bond donors (Lipinski definition) is 1. The lowest BCUT2D eigenvalue weighted by Gasteiger charge is -2.25. The van der Waals surface area contributed by atoms with Gasteiger partial charge in [-0.2, -0.15) is 5.10 Å². The maximum atomic E-state index is 5.71. The maximum Gasteiger partial charge on any atom is 0.155 e. The van der Waals surface area contributed by atoms with Crippen LogP contribution >= 0.6 is 0 Å². The van der Waals surface area contributed by atoms with Gasteiger partial charge in [-0.15, -0.1) is 0 Å². The fourth-order valence-electron chi connectivity index (χ4n) is 2.13. The number of rotatable bonds is 3. The van der Waals surface area contributed by atoms with Crippen LogP contribution in [0, 0.1) is 0 Å². The van der Waals surface area contributed by atoms with Crippen molar-refractivity contribution in [2.45, 2.75) is 6.42 Å². The molecular weight excluding hydrogens is 230 g/mol. The first kappa shape index (κ1) is 11.4. The quantitative estimate of drug-likeness (QED) is 0.838. The fourth-order valence-corrected chi connectivity index (χ4v) is 2.13. The van der Waals surface area contributed by atoms with E-state index in [0.29, 0.717) is 5.69 Å². The lowest BCUT2D eigenvalue weighted by Crippen LogP contribution is -2.37. The Balaban J connectivity index is 1.67. The third-order valence-electron chi connectivity index (χ3n) is 3.15. The average Bonchev–Trinajstić information content (AvgIpc) is 2.79. The van der Waals surface area contributed by atoms with Gasteiger partial charge in [0, 0.05) is 26.1 Å². The van der Waals surface area contributed by atoms with E-state index < -0.39 is 0 Å². The second-order valence-corrected chi connectivity index (χ2v) is 4.50. The summed E-state index contributed by atoms with van der Waals surface area (Å²) in [6.45, 7) is 4.64. The molecule has 96 valence electrons. The zero-order valence-electron chi connectivity index (χ0n) is 10.2. The van der Waals surface area contributed by atoms with E-state index in [2.05, 4.69) is 15.0 Å². The number of pyridine rings is 1. The van der Waals surface area contributed by atoms with E-state index >= 15 is 0 Å². The highest BCUT2D eigenvalue weighted by molar-refractivity contribution is 5.46. The largest absolute Gasteiger partial charge is 0.397 e. The second kappa shape index (κ2) is 4.91. The Labute approximate surface area is 105 Å². The predicted octanol–water partition coefficient (Wildman–Crippen LogP) is 0.186. The molecule has 0 aliphatic carbocycles. The molecule has 0 radical (unpaired) electrons. The number of nitrogen functional groups attached to an aromatic ring is 1. The third-order valence-corrected chi connectivity index (χ3v) is 3.15. The summed E-state index contributed by atoms with van der Waals surface area (Å²) in [5.74, 6) is 0.868. The fraction of sp³-hybridized carbons (Fsp3) is 0.500. The van der Waals surface area contributed by atoms with E-state index in [1.54, 1.807) is 10.7 Å². The van der Waals surface area contributed by atoms with E-state index in [4.69, 9.17) is 10.5 Å². The normalized spacial score (nSPS) is 17.3. The van der Waals surface area contributed by atoms with Crippen molar-refractivity contribution in [1.82, 2.24) is 19.5 Å². The van der Waals surface area contributed by atoms with E-state index in [1.807, 2.05) is 12.1 Å². The van der Waals surface area contributed by atoms with E-state index in [1.165, 1.54) is 0 Å². The van der Waals surface area contributed by atoms with Gasteiger partial charge in [-0.25, -0.2) is 9.50 Å². The predicted molar refractivity (Wildman–Crippen MR) is 68.4 cm³/mol. The summed E-state index contributed by atoms with van der Waals surface area (Å²) in [6.07, 6.45) is 2.65. The minimum atomic E-state index is 0.701. The van der Waals surface area contributed by atoms with Crippen molar-refractivity contribution < 1.29 is 4.74 Å². The molecule has 2 aromatic heterocycles. The number of anilines is 1. The summed E-state index contributed by atoms with van der Waals surface area (Å²) in [4.78, 5) is 6.86. The number of morpholine rings is 1. The van der Waals surface area contributed by atoms with Crippen molar-refractivity contribution in [1.29, 1.82) is 0 Å². The van der Waals surface area contributed by atoms with Gasteiger partial charge in [0.2, 0.25) is 0 Å². The van der Waals surface area contributed by atoms with E-state index in [0.717, 1.165) is 50.7 Å². The molecule has 0 aromatic carbocycles. The standard InChI is InChI=1S/C12H17N5O/c13-10-1-2-12-14-11(15-17(12)9-10)3-4-16-5-7-18-8-6-16/h1-2,9H,3-8,13H2. The minimum absolute atomic E-state index is 0.701. The average molecular weight is 247 g/mol. The highest BCUT2D eigenvalue weighted by Gasteiger charge is 2.11. The van der Waals surface area contributed by atoms with Gasteiger partial charge in [0.15, 0.2) is 11.5 Å². The van der Waals surface area contributed by atoms with Gasteiger partial charge in [-0.05, 0) is 12.1 Å². The molecular formula is C12H17N5O. The summed E-state index contributed by atoms with van der Waals surface area (Å²) in [5.41, 5.74) is 7.26. The van der Waals surface area contributed by atoms with Crippen LogP contribution in [0.4, 0.5) is 5.69 Å². The molecule has 0 atom stereocenters. The van der Waals surface area contributed by atoms with Crippen LogP contribution in [-0.4, -0.2) is 52.3 Å². The Morgan fingerprint density at radius 1 is 1.28 bits per heavy atom. The third kappa shape index (κ3) is 2.44. The van der Waals surface area contributed by atoms with Crippen molar-refractivity contribution in [3.63, 3.8) is 0 Å². The van der Waals surface area contributed by atoms with Crippen molar-refractivity contribution in [2.75, 3.05) is 38.6 Å². The first-order chi connectivity index (χ1) is 8.81. The Hall–Kier alpha value is -1.66. The second-order valence-electron chi connectivity index (χ2n) is 4.50. The first-order valence-electron chi connectivity index (χ1n) is 6.22. The van der Waals surface area contributed by atoms with Crippen LogP contribution in [-0.2, 0) is 11.2 Å². The SMILES string of the molecule is Nc1ccc2nc(CCN3CCOCC3)nn2c1. The highest BCUT2D eigenvalue weighted by Crippen LogP contribution is 2.07. The van der Waals surface area contributed by atoms with Gasteiger partial charge >= 0.3 is 0 Å². The van der Waals surface area contributed by atoms with E-state index in [-0.39, 0.29) is 0 Å². The van der Waals surface area contributed by atoms with Crippen LogP contribution in [0.5, 0.6) is 0 Å². The molecule has 0 saturated carbocycles. The maximum absolute atomic E-state index is 5.71. The monoisotopic (exact) mass is 247 g/mol. The van der Waals surface area contributed by atoms with Gasteiger partial charge in [0.05, 0.1) is 25.1 Å². The van der Waals surface area contributed by atoms with Gasteiger partial charge in [-0.3, -0.25) is 4.90 Å². The minimum Gasteiger partial charge on any atom is -0.397 e. The molecule has 0 unspecified atom stereocenters. The van der Waals surface area contributed by atoms with Crippen molar-refractivity contribution in [2.24, 2.45) is 0 Å². The molecule has 18 heavy (non-hydrogen) atoms. The summed E-state index contributed by atoms with van der Waals surface area (Å²) >= 11 is 0. The van der Waals surface area contributed by atoms with Crippen molar-refractivity contribution in [3.8, 4) is 0 Å². The zero-order valence-corrected chi connectivity index (χ0v) is 10.2. The highest BCUT2D eigenvalue weighted by atomic mass is 16.5. The van der Waals surface area contributed by atoms with Gasteiger partial charge in [-0.1, -0.05) is 0 Å². The summed E-state index contributed by atoms with van der Waals surface area (Å²) in [5, 5.41) is 4.43. The molecule has 3 heterocycles. The molecule has 0 spiro atoms.